The molecule has 21 heavy (non-hydrogen) atoms. The van der Waals surface area contributed by atoms with E-state index in [9.17, 15) is 12.8 Å². The molecule has 0 unspecified atom stereocenters. The summed E-state index contributed by atoms with van der Waals surface area (Å²) in [6.45, 7) is 0.457. The van der Waals surface area contributed by atoms with Crippen molar-refractivity contribution in [1.82, 2.24) is 9.62 Å². The van der Waals surface area contributed by atoms with Gasteiger partial charge in [0.05, 0.1) is 17.4 Å². The van der Waals surface area contributed by atoms with Crippen molar-refractivity contribution in [3.8, 4) is 0 Å². The second kappa shape index (κ2) is 6.38. The zero-order valence-corrected chi connectivity index (χ0v) is 12.7. The van der Waals surface area contributed by atoms with Gasteiger partial charge in [-0.3, -0.25) is 0 Å². The molecule has 0 radical (unpaired) electrons. The summed E-state index contributed by atoms with van der Waals surface area (Å²) in [5.41, 5.74) is 1.06. The standard InChI is InChI=1S/C14H17FN2O3S/c1-16-8-12-7-13(3-4-14(12)15)21(18,19)17(2)9-11-5-6-20-10-11/h3-7,10,16H,8-9H2,1-2H3. The molecule has 114 valence electrons. The molecule has 1 heterocycles. The molecule has 1 aromatic carbocycles. The number of halogens is 1. The van der Waals surface area contributed by atoms with Crippen LogP contribution in [0.1, 0.15) is 11.1 Å². The van der Waals surface area contributed by atoms with Gasteiger partial charge in [-0.25, -0.2) is 12.8 Å². The zero-order valence-electron chi connectivity index (χ0n) is 11.8. The van der Waals surface area contributed by atoms with Gasteiger partial charge in [-0.15, -0.1) is 0 Å². The summed E-state index contributed by atoms with van der Waals surface area (Å²) < 4.78 is 44.7. The van der Waals surface area contributed by atoms with Crippen LogP contribution < -0.4 is 5.32 Å². The van der Waals surface area contributed by atoms with Gasteiger partial charge in [-0.2, -0.15) is 4.31 Å². The second-order valence-corrected chi connectivity index (χ2v) is 6.72. The van der Waals surface area contributed by atoms with Crippen molar-refractivity contribution < 1.29 is 17.2 Å². The Kier molecular flexibility index (Phi) is 4.76. The van der Waals surface area contributed by atoms with Gasteiger partial charge in [-0.1, -0.05) is 0 Å². The van der Waals surface area contributed by atoms with E-state index in [4.69, 9.17) is 4.42 Å². The smallest absolute Gasteiger partial charge is 0.243 e. The Labute approximate surface area is 123 Å². The molecule has 0 saturated heterocycles. The maximum Gasteiger partial charge on any atom is 0.243 e. The van der Waals surface area contributed by atoms with Crippen LogP contribution in [0.3, 0.4) is 0 Å². The molecule has 0 fully saturated rings. The summed E-state index contributed by atoms with van der Waals surface area (Å²) in [6, 6.07) is 5.50. The van der Waals surface area contributed by atoms with E-state index in [1.165, 1.54) is 42.1 Å². The zero-order chi connectivity index (χ0) is 15.5. The summed E-state index contributed by atoms with van der Waals surface area (Å²) in [5.74, 6) is -0.430. The monoisotopic (exact) mass is 312 g/mol. The number of rotatable bonds is 6. The summed E-state index contributed by atoms with van der Waals surface area (Å²) in [5, 5.41) is 2.81. The lowest BCUT2D eigenvalue weighted by molar-refractivity contribution is 0.463. The molecule has 2 aromatic rings. The van der Waals surface area contributed by atoms with Crippen LogP contribution in [0, 0.1) is 5.82 Å². The van der Waals surface area contributed by atoms with Crippen molar-refractivity contribution in [1.29, 1.82) is 0 Å². The number of furan rings is 1. The van der Waals surface area contributed by atoms with Crippen molar-refractivity contribution in [3.63, 3.8) is 0 Å². The minimum absolute atomic E-state index is 0.0696. The largest absolute Gasteiger partial charge is 0.472 e. The highest BCUT2D eigenvalue weighted by atomic mass is 32.2. The van der Waals surface area contributed by atoms with Crippen LogP contribution in [0.15, 0.2) is 46.1 Å². The van der Waals surface area contributed by atoms with E-state index in [0.717, 1.165) is 5.56 Å². The number of hydrogen-bond acceptors (Lipinski definition) is 4. The molecule has 0 amide bonds. The van der Waals surface area contributed by atoms with E-state index >= 15 is 0 Å². The van der Waals surface area contributed by atoms with Gasteiger partial charge in [0.1, 0.15) is 5.82 Å². The van der Waals surface area contributed by atoms with Crippen LogP contribution >= 0.6 is 0 Å². The summed E-state index contributed by atoms with van der Waals surface area (Å²) in [6.07, 6.45) is 2.97. The van der Waals surface area contributed by atoms with Crippen molar-refractivity contribution in [3.05, 3.63) is 53.7 Å². The van der Waals surface area contributed by atoms with Gasteiger partial charge >= 0.3 is 0 Å². The highest BCUT2D eigenvalue weighted by Gasteiger charge is 2.22. The van der Waals surface area contributed by atoms with Crippen LogP contribution in [0.5, 0.6) is 0 Å². The Hall–Kier alpha value is -1.70. The van der Waals surface area contributed by atoms with Gasteiger partial charge in [0.15, 0.2) is 0 Å². The van der Waals surface area contributed by atoms with Crippen LogP contribution in [-0.4, -0.2) is 26.8 Å². The third-order valence-corrected chi connectivity index (χ3v) is 4.88. The lowest BCUT2D eigenvalue weighted by Crippen LogP contribution is -2.26. The molecule has 0 atom stereocenters. The molecule has 0 aliphatic heterocycles. The van der Waals surface area contributed by atoms with Crippen LogP contribution in [0.4, 0.5) is 4.39 Å². The molecule has 1 N–H and O–H groups in total. The quantitative estimate of drug-likeness (QED) is 0.886. The lowest BCUT2D eigenvalue weighted by atomic mass is 10.2. The first-order valence-corrected chi connectivity index (χ1v) is 7.79. The van der Waals surface area contributed by atoms with Gasteiger partial charge in [0.25, 0.3) is 0 Å². The van der Waals surface area contributed by atoms with Crippen molar-refractivity contribution in [2.24, 2.45) is 0 Å². The maximum absolute atomic E-state index is 13.6. The maximum atomic E-state index is 13.6. The van der Waals surface area contributed by atoms with Crippen molar-refractivity contribution in [2.75, 3.05) is 14.1 Å². The molecular weight excluding hydrogens is 295 g/mol. The average molecular weight is 312 g/mol. The first kappa shape index (κ1) is 15.7. The molecule has 0 aliphatic rings. The van der Waals surface area contributed by atoms with E-state index < -0.39 is 15.8 Å². The van der Waals surface area contributed by atoms with Gasteiger partial charge < -0.3 is 9.73 Å². The van der Waals surface area contributed by atoms with E-state index in [1.807, 2.05) is 0 Å². The number of benzene rings is 1. The van der Waals surface area contributed by atoms with Gasteiger partial charge in [-0.05, 0) is 31.3 Å². The van der Waals surface area contributed by atoms with E-state index in [1.54, 1.807) is 13.1 Å². The first-order chi connectivity index (χ1) is 9.95. The molecule has 0 bridgehead atoms. The average Bonchev–Trinajstić information content (AvgIpc) is 2.94. The van der Waals surface area contributed by atoms with Crippen LogP contribution in [0.2, 0.25) is 0 Å². The third kappa shape index (κ3) is 3.49. The molecule has 0 aliphatic carbocycles. The fraction of sp³-hybridized carbons (Fsp3) is 0.286. The minimum atomic E-state index is -3.68. The molecule has 2 rings (SSSR count). The van der Waals surface area contributed by atoms with Crippen LogP contribution in [0.25, 0.3) is 0 Å². The van der Waals surface area contributed by atoms with E-state index in [2.05, 4.69) is 5.32 Å². The summed E-state index contributed by atoms with van der Waals surface area (Å²) in [7, 11) is -0.528. The SMILES string of the molecule is CNCc1cc(S(=O)(=O)N(C)Cc2ccoc2)ccc1F. The molecule has 0 spiro atoms. The first-order valence-electron chi connectivity index (χ1n) is 6.35. The highest BCUT2D eigenvalue weighted by molar-refractivity contribution is 7.89. The fourth-order valence-electron chi connectivity index (χ4n) is 1.94. The highest BCUT2D eigenvalue weighted by Crippen LogP contribution is 2.20. The number of nitrogens with one attached hydrogen (secondary N) is 1. The predicted molar refractivity (Wildman–Crippen MR) is 76.5 cm³/mol. The predicted octanol–water partition coefficient (Wildman–Crippen LogP) is 1.96. The normalized spacial score (nSPS) is 12.0. The fourth-order valence-corrected chi connectivity index (χ4v) is 3.15. The number of sulfonamides is 1. The van der Waals surface area contributed by atoms with Gasteiger partial charge in [0, 0.05) is 31.3 Å². The third-order valence-electron chi connectivity index (χ3n) is 3.08. The molecule has 7 heteroatoms. The molecular formula is C14H17FN2O3S. The summed E-state index contributed by atoms with van der Waals surface area (Å²) in [4.78, 5) is 0.0696. The van der Waals surface area contributed by atoms with E-state index in [-0.39, 0.29) is 18.0 Å². The Bertz CT molecular complexity index is 699. The molecule has 1 aromatic heterocycles. The Morgan fingerprint density at radius 1 is 1.33 bits per heavy atom. The number of hydrogen-bond donors (Lipinski definition) is 1. The topological polar surface area (TPSA) is 62.6 Å². The second-order valence-electron chi connectivity index (χ2n) is 4.68. The number of nitrogens with zero attached hydrogens (tertiary/aromatic N) is 1. The van der Waals surface area contributed by atoms with Crippen LogP contribution in [-0.2, 0) is 23.1 Å². The molecule has 0 saturated carbocycles. The van der Waals surface area contributed by atoms with Crippen molar-refractivity contribution >= 4 is 10.0 Å². The Morgan fingerprint density at radius 3 is 2.71 bits per heavy atom. The van der Waals surface area contributed by atoms with E-state index in [0.29, 0.717) is 5.56 Å². The van der Waals surface area contributed by atoms with Gasteiger partial charge in [0.2, 0.25) is 10.0 Å². The molecule has 5 nitrogen and oxygen atoms in total. The Morgan fingerprint density at radius 2 is 2.10 bits per heavy atom. The summed E-state index contributed by atoms with van der Waals surface area (Å²) >= 11 is 0. The minimum Gasteiger partial charge on any atom is -0.472 e. The lowest BCUT2D eigenvalue weighted by Gasteiger charge is -2.17. The van der Waals surface area contributed by atoms with Crippen molar-refractivity contribution in [2.45, 2.75) is 18.0 Å². The Balaban J connectivity index is 2.28.